The van der Waals surface area contributed by atoms with Gasteiger partial charge in [-0.05, 0) is 82.2 Å². The highest BCUT2D eigenvalue weighted by atomic mass is 16.5. The van der Waals surface area contributed by atoms with Crippen LogP contribution in [0.3, 0.4) is 0 Å². The number of ketones is 2. The molecule has 148 valence electrons. The van der Waals surface area contributed by atoms with Crippen LogP contribution in [0.2, 0.25) is 0 Å². The minimum atomic E-state index is -1.06. The van der Waals surface area contributed by atoms with Gasteiger partial charge in [-0.15, -0.1) is 0 Å². The van der Waals surface area contributed by atoms with Crippen molar-refractivity contribution in [2.45, 2.75) is 59.5 Å². The first kappa shape index (κ1) is 19.9. The molecule has 0 radical (unpaired) electrons. The first-order valence-corrected chi connectivity index (χ1v) is 9.50. The van der Waals surface area contributed by atoms with Crippen molar-refractivity contribution >= 4 is 17.5 Å². The SMILES string of the molecule is CC(=O)c1c(C)[nH]c(C(=O)C(C)OC(=O)c2cc3c(cc2O)CCCC3)c1C. The maximum Gasteiger partial charge on any atom is 0.342 e. The number of fused-ring (bicyclic) bond motifs is 1. The van der Waals surface area contributed by atoms with Crippen LogP contribution < -0.4 is 0 Å². The van der Waals surface area contributed by atoms with Gasteiger partial charge in [0.2, 0.25) is 5.78 Å². The fourth-order valence-corrected chi connectivity index (χ4v) is 3.94. The molecule has 3 rings (SSSR count). The predicted molar refractivity (Wildman–Crippen MR) is 104 cm³/mol. The number of aromatic amines is 1. The molecular weight excluding hydrogens is 358 g/mol. The summed E-state index contributed by atoms with van der Waals surface area (Å²) in [5, 5.41) is 10.2. The summed E-state index contributed by atoms with van der Waals surface area (Å²) in [6.07, 6.45) is 2.81. The minimum Gasteiger partial charge on any atom is -0.507 e. The molecular formula is C22H25NO5. The second-order valence-electron chi connectivity index (χ2n) is 7.44. The molecule has 1 heterocycles. The van der Waals surface area contributed by atoms with Crippen molar-refractivity contribution in [2.24, 2.45) is 0 Å². The van der Waals surface area contributed by atoms with Gasteiger partial charge in [-0.1, -0.05) is 0 Å². The zero-order chi connectivity index (χ0) is 20.6. The number of nitrogens with one attached hydrogen (secondary N) is 1. The van der Waals surface area contributed by atoms with Gasteiger partial charge in [0.25, 0.3) is 0 Å². The maximum absolute atomic E-state index is 12.8. The number of esters is 1. The van der Waals surface area contributed by atoms with Gasteiger partial charge in [0.15, 0.2) is 11.9 Å². The van der Waals surface area contributed by atoms with Crippen molar-refractivity contribution in [1.82, 2.24) is 4.98 Å². The molecule has 1 unspecified atom stereocenters. The van der Waals surface area contributed by atoms with Crippen LogP contribution >= 0.6 is 0 Å². The number of benzene rings is 1. The highest BCUT2D eigenvalue weighted by molar-refractivity contribution is 6.05. The highest BCUT2D eigenvalue weighted by Gasteiger charge is 2.27. The van der Waals surface area contributed by atoms with Crippen LogP contribution in [0.4, 0.5) is 0 Å². The van der Waals surface area contributed by atoms with E-state index in [0.29, 0.717) is 16.8 Å². The molecule has 0 fully saturated rings. The average Bonchev–Trinajstić information content (AvgIpc) is 2.94. The third kappa shape index (κ3) is 3.59. The largest absolute Gasteiger partial charge is 0.507 e. The Hall–Kier alpha value is -2.89. The smallest absolute Gasteiger partial charge is 0.342 e. The first-order valence-electron chi connectivity index (χ1n) is 9.50. The molecule has 6 heteroatoms. The van der Waals surface area contributed by atoms with E-state index >= 15 is 0 Å². The van der Waals surface area contributed by atoms with Gasteiger partial charge >= 0.3 is 5.97 Å². The predicted octanol–water partition coefficient (Wildman–Crippen LogP) is 3.85. The van der Waals surface area contributed by atoms with Crippen LogP contribution in [0, 0.1) is 13.8 Å². The van der Waals surface area contributed by atoms with Gasteiger partial charge in [-0.2, -0.15) is 0 Å². The normalized spacial score (nSPS) is 14.3. The molecule has 1 atom stereocenters. The quantitative estimate of drug-likeness (QED) is 0.604. The van der Waals surface area contributed by atoms with E-state index in [0.717, 1.165) is 36.8 Å². The molecule has 1 aliphatic rings. The lowest BCUT2D eigenvalue weighted by atomic mass is 9.90. The van der Waals surface area contributed by atoms with E-state index in [9.17, 15) is 19.5 Å². The Morgan fingerprint density at radius 3 is 2.29 bits per heavy atom. The van der Waals surface area contributed by atoms with E-state index in [1.165, 1.54) is 13.8 Å². The Morgan fingerprint density at radius 2 is 1.71 bits per heavy atom. The Balaban J connectivity index is 1.80. The Kier molecular flexibility index (Phi) is 5.40. The van der Waals surface area contributed by atoms with Crippen LogP contribution in [0.1, 0.15) is 80.3 Å². The second-order valence-corrected chi connectivity index (χ2v) is 7.44. The molecule has 0 spiro atoms. The van der Waals surface area contributed by atoms with E-state index in [4.69, 9.17) is 4.74 Å². The van der Waals surface area contributed by atoms with Crippen LogP contribution in [-0.4, -0.2) is 33.7 Å². The summed E-state index contributed by atoms with van der Waals surface area (Å²) in [5.41, 5.74) is 4.07. The molecule has 28 heavy (non-hydrogen) atoms. The fraction of sp³-hybridized carbons (Fsp3) is 0.409. The lowest BCUT2D eigenvalue weighted by Crippen LogP contribution is -2.25. The number of Topliss-reactive ketones (excluding diaryl/α,β-unsaturated/α-hetero) is 2. The van der Waals surface area contributed by atoms with Gasteiger partial charge in [0.1, 0.15) is 11.3 Å². The zero-order valence-electron chi connectivity index (χ0n) is 16.6. The number of aryl methyl sites for hydroxylation is 3. The van der Waals surface area contributed by atoms with Gasteiger partial charge in [0, 0.05) is 11.3 Å². The van der Waals surface area contributed by atoms with Crippen molar-refractivity contribution in [3.63, 3.8) is 0 Å². The number of hydrogen-bond acceptors (Lipinski definition) is 5. The number of ether oxygens (including phenoxy) is 1. The number of phenolic OH excluding ortho intramolecular Hbond substituents is 1. The zero-order valence-corrected chi connectivity index (χ0v) is 16.6. The van der Waals surface area contributed by atoms with Crippen LogP contribution in [-0.2, 0) is 17.6 Å². The number of carbonyl (C=O) groups is 3. The van der Waals surface area contributed by atoms with E-state index in [2.05, 4.69) is 4.98 Å². The highest BCUT2D eigenvalue weighted by Crippen LogP contribution is 2.29. The molecule has 0 saturated heterocycles. The van der Waals surface area contributed by atoms with Crippen molar-refractivity contribution in [3.05, 3.63) is 51.3 Å². The van der Waals surface area contributed by atoms with E-state index in [1.54, 1.807) is 26.0 Å². The minimum absolute atomic E-state index is 0.0733. The van der Waals surface area contributed by atoms with E-state index in [-0.39, 0.29) is 22.8 Å². The van der Waals surface area contributed by atoms with Crippen molar-refractivity contribution in [1.29, 1.82) is 0 Å². The van der Waals surface area contributed by atoms with Crippen molar-refractivity contribution in [3.8, 4) is 5.75 Å². The van der Waals surface area contributed by atoms with E-state index in [1.807, 2.05) is 0 Å². The van der Waals surface area contributed by atoms with E-state index < -0.39 is 17.9 Å². The summed E-state index contributed by atoms with van der Waals surface area (Å²) < 4.78 is 5.34. The number of rotatable bonds is 5. The summed E-state index contributed by atoms with van der Waals surface area (Å²) in [6, 6.07) is 3.29. The van der Waals surface area contributed by atoms with Crippen LogP contribution in [0.5, 0.6) is 5.75 Å². The summed E-state index contributed by atoms with van der Waals surface area (Å²) in [5.74, 6) is -1.41. The second kappa shape index (κ2) is 7.62. The summed E-state index contributed by atoms with van der Waals surface area (Å²) >= 11 is 0. The monoisotopic (exact) mass is 383 g/mol. The van der Waals surface area contributed by atoms with Gasteiger partial charge < -0.3 is 14.8 Å². The maximum atomic E-state index is 12.8. The summed E-state index contributed by atoms with van der Waals surface area (Å²) in [6.45, 7) is 6.35. The molecule has 1 aromatic heterocycles. The number of aromatic hydroxyl groups is 1. The Labute approximate surface area is 163 Å². The summed E-state index contributed by atoms with van der Waals surface area (Å²) in [7, 11) is 0. The number of carbonyl (C=O) groups excluding carboxylic acids is 3. The van der Waals surface area contributed by atoms with Crippen LogP contribution in [0.15, 0.2) is 12.1 Å². The molecule has 1 aromatic carbocycles. The third-order valence-corrected chi connectivity index (χ3v) is 5.37. The molecule has 6 nitrogen and oxygen atoms in total. The third-order valence-electron chi connectivity index (χ3n) is 5.37. The molecule has 2 aromatic rings. The molecule has 0 bridgehead atoms. The number of hydrogen-bond donors (Lipinski definition) is 2. The molecule has 0 saturated carbocycles. The van der Waals surface area contributed by atoms with Crippen molar-refractivity contribution in [2.75, 3.05) is 0 Å². The lowest BCUT2D eigenvalue weighted by molar-refractivity contribution is 0.0314. The van der Waals surface area contributed by atoms with Gasteiger partial charge in [-0.3, -0.25) is 9.59 Å². The molecule has 1 aliphatic carbocycles. The summed E-state index contributed by atoms with van der Waals surface area (Å²) in [4.78, 5) is 40.0. The number of aromatic nitrogens is 1. The lowest BCUT2D eigenvalue weighted by Gasteiger charge is -2.18. The average molecular weight is 383 g/mol. The standard InChI is InChI=1S/C22H25NO5/c1-11-19(13(3)24)12(2)23-20(11)21(26)14(4)28-22(27)17-9-15-7-5-6-8-16(15)10-18(17)25/h9-10,14,23,25H,5-8H2,1-4H3. The van der Waals surface area contributed by atoms with Crippen molar-refractivity contribution < 1.29 is 24.2 Å². The first-order chi connectivity index (χ1) is 13.2. The van der Waals surface area contributed by atoms with Gasteiger partial charge in [-0.25, -0.2) is 4.79 Å². The molecule has 0 amide bonds. The fourth-order valence-electron chi connectivity index (χ4n) is 3.94. The van der Waals surface area contributed by atoms with Gasteiger partial charge in [0.05, 0.1) is 5.69 Å². The van der Waals surface area contributed by atoms with Crippen LogP contribution in [0.25, 0.3) is 0 Å². The topological polar surface area (TPSA) is 96.5 Å². The number of phenols is 1. The molecule has 0 aliphatic heterocycles. The Bertz CT molecular complexity index is 970. The molecule has 2 N–H and O–H groups in total. The Morgan fingerprint density at radius 1 is 1.11 bits per heavy atom. The number of H-pyrrole nitrogens is 1.